The van der Waals surface area contributed by atoms with Gasteiger partial charge >= 0.3 is 0 Å². The van der Waals surface area contributed by atoms with Gasteiger partial charge in [-0.05, 0) is 30.3 Å². The molecule has 0 bridgehead atoms. The monoisotopic (exact) mass is 418 g/mol. The van der Waals surface area contributed by atoms with Crippen molar-refractivity contribution in [2.24, 2.45) is 0 Å². The number of rotatable bonds is 6. The smallest absolute Gasteiger partial charge is 0.274 e. The minimum Gasteiger partial charge on any atom is -0.492 e. The molecular weight excluding hydrogens is 404 g/mol. The average molecular weight is 419 g/mol. The van der Waals surface area contributed by atoms with Gasteiger partial charge in [0.05, 0.1) is 17.0 Å². The number of hydrogen-bond donors (Lipinski definition) is 1. The van der Waals surface area contributed by atoms with Gasteiger partial charge in [0.25, 0.3) is 11.6 Å². The van der Waals surface area contributed by atoms with Gasteiger partial charge in [0, 0.05) is 29.0 Å². The van der Waals surface area contributed by atoms with E-state index in [0.717, 1.165) is 4.47 Å². The summed E-state index contributed by atoms with van der Waals surface area (Å²) in [4.78, 5) is 24.5. The molecule has 0 spiro atoms. The number of halogens is 1. The molecule has 0 atom stereocenters. The maximum atomic E-state index is 12.6. The fraction of sp³-hybridized carbons (Fsp3) is 0.176. The van der Waals surface area contributed by atoms with Crippen LogP contribution in [-0.4, -0.2) is 46.1 Å². The Labute approximate surface area is 157 Å². The highest BCUT2D eigenvalue weighted by Crippen LogP contribution is 2.23. The fourth-order valence-corrected chi connectivity index (χ4v) is 2.66. The number of benzene rings is 2. The fourth-order valence-electron chi connectivity index (χ4n) is 2.39. The Balaban J connectivity index is 1.68. The van der Waals surface area contributed by atoms with Crippen LogP contribution in [0.4, 0.5) is 5.69 Å². The van der Waals surface area contributed by atoms with E-state index in [0.29, 0.717) is 29.8 Å². The number of carbonyl (C=O) groups excluding carboxylic acids is 1. The van der Waals surface area contributed by atoms with Crippen molar-refractivity contribution < 1.29 is 14.5 Å². The van der Waals surface area contributed by atoms with E-state index in [1.165, 1.54) is 23.1 Å². The first kappa shape index (κ1) is 17.9. The van der Waals surface area contributed by atoms with Gasteiger partial charge in [0.2, 0.25) is 0 Å². The number of aromatic amines is 1. The summed E-state index contributed by atoms with van der Waals surface area (Å²) in [5.74, 6) is 0.367. The molecule has 1 amide bonds. The summed E-state index contributed by atoms with van der Waals surface area (Å²) >= 11 is 3.35. The minimum absolute atomic E-state index is 0.0887. The molecule has 9 heteroatoms. The molecule has 1 aromatic heterocycles. The highest BCUT2D eigenvalue weighted by atomic mass is 79.9. The average Bonchev–Trinajstić information content (AvgIpc) is 3.05. The van der Waals surface area contributed by atoms with E-state index in [1.54, 1.807) is 7.05 Å². The highest BCUT2D eigenvalue weighted by molar-refractivity contribution is 9.10. The van der Waals surface area contributed by atoms with Gasteiger partial charge in [-0.3, -0.25) is 20.0 Å². The van der Waals surface area contributed by atoms with Crippen molar-refractivity contribution in [1.82, 2.24) is 15.1 Å². The first-order valence-corrected chi connectivity index (χ1v) is 8.51. The van der Waals surface area contributed by atoms with Crippen molar-refractivity contribution in [1.29, 1.82) is 0 Å². The second kappa shape index (κ2) is 7.52. The number of amides is 1. The molecule has 26 heavy (non-hydrogen) atoms. The molecule has 8 nitrogen and oxygen atoms in total. The number of hydrogen-bond acceptors (Lipinski definition) is 5. The Morgan fingerprint density at radius 1 is 1.31 bits per heavy atom. The van der Waals surface area contributed by atoms with E-state index < -0.39 is 4.92 Å². The van der Waals surface area contributed by atoms with Crippen molar-refractivity contribution in [2.45, 2.75) is 0 Å². The Kier molecular flexibility index (Phi) is 5.17. The summed E-state index contributed by atoms with van der Waals surface area (Å²) in [6.45, 7) is 0.657. The van der Waals surface area contributed by atoms with Gasteiger partial charge in [0.1, 0.15) is 12.4 Å². The van der Waals surface area contributed by atoms with Crippen molar-refractivity contribution in [3.05, 3.63) is 62.7 Å². The summed E-state index contributed by atoms with van der Waals surface area (Å²) in [5.41, 5.74) is 0.627. The number of fused-ring (bicyclic) bond motifs is 1. The third-order valence-corrected chi connectivity index (χ3v) is 4.34. The molecule has 3 aromatic rings. The molecule has 0 saturated heterocycles. The van der Waals surface area contributed by atoms with E-state index in [9.17, 15) is 14.9 Å². The van der Waals surface area contributed by atoms with Crippen molar-refractivity contribution in [2.75, 3.05) is 20.2 Å². The lowest BCUT2D eigenvalue weighted by molar-refractivity contribution is -0.384. The standard InChI is InChI=1S/C17H15BrN4O4/c1-21(8-9-26-13-5-2-11(18)3-6-13)17(23)16-14-10-12(22(24)25)4-7-15(14)19-20-16/h2-7,10H,8-9H2,1H3,(H,19,20). The van der Waals surface area contributed by atoms with E-state index in [1.807, 2.05) is 24.3 Å². The predicted octanol–water partition coefficient (Wildman–Crippen LogP) is 3.38. The number of carbonyl (C=O) groups is 1. The summed E-state index contributed by atoms with van der Waals surface area (Å²) in [6.07, 6.45) is 0. The van der Waals surface area contributed by atoms with E-state index in [2.05, 4.69) is 26.1 Å². The molecule has 1 heterocycles. The van der Waals surface area contributed by atoms with Crippen molar-refractivity contribution >= 4 is 38.4 Å². The minimum atomic E-state index is -0.504. The first-order valence-electron chi connectivity index (χ1n) is 7.72. The molecule has 1 N–H and O–H groups in total. The van der Waals surface area contributed by atoms with Crippen LogP contribution in [0.3, 0.4) is 0 Å². The van der Waals surface area contributed by atoms with Crippen LogP contribution in [0.15, 0.2) is 46.9 Å². The van der Waals surface area contributed by atoms with Crippen LogP contribution < -0.4 is 4.74 Å². The Hall–Kier alpha value is -2.94. The molecule has 2 aromatic carbocycles. The number of likely N-dealkylation sites (N-methyl/N-ethyl adjacent to an activating group) is 1. The Morgan fingerprint density at radius 3 is 2.73 bits per heavy atom. The summed E-state index contributed by atoms with van der Waals surface area (Å²) in [5, 5.41) is 18.1. The van der Waals surface area contributed by atoms with Gasteiger partial charge in [0.15, 0.2) is 5.69 Å². The lowest BCUT2D eigenvalue weighted by Crippen LogP contribution is -2.31. The van der Waals surface area contributed by atoms with Gasteiger partial charge in [-0.1, -0.05) is 15.9 Å². The van der Waals surface area contributed by atoms with E-state index in [4.69, 9.17) is 4.74 Å². The van der Waals surface area contributed by atoms with E-state index in [-0.39, 0.29) is 17.3 Å². The quantitative estimate of drug-likeness (QED) is 0.488. The molecule has 0 fully saturated rings. The largest absolute Gasteiger partial charge is 0.492 e. The third kappa shape index (κ3) is 3.83. The number of non-ortho nitro benzene ring substituents is 1. The van der Waals surface area contributed by atoms with Crippen LogP contribution in [-0.2, 0) is 0 Å². The first-order chi connectivity index (χ1) is 12.5. The number of nitro groups is 1. The van der Waals surface area contributed by atoms with Crippen LogP contribution >= 0.6 is 15.9 Å². The van der Waals surface area contributed by atoms with Crippen LogP contribution in [0.25, 0.3) is 10.9 Å². The zero-order valence-electron chi connectivity index (χ0n) is 13.8. The summed E-state index contributed by atoms with van der Waals surface area (Å²) in [7, 11) is 1.63. The number of nitrogens with zero attached hydrogens (tertiary/aromatic N) is 3. The lowest BCUT2D eigenvalue weighted by Gasteiger charge is -2.16. The maximum Gasteiger partial charge on any atom is 0.274 e. The van der Waals surface area contributed by atoms with Crippen LogP contribution in [0.5, 0.6) is 5.75 Å². The number of aromatic nitrogens is 2. The van der Waals surface area contributed by atoms with Crippen molar-refractivity contribution in [3.63, 3.8) is 0 Å². The molecular formula is C17H15BrN4O4. The number of H-pyrrole nitrogens is 1. The second-order valence-corrected chi connectivity index (χ2v) is 6.50. The predicted molar refractivity (Wildman–Crippen MR) is 99.3 cm³/mol. The van der Waals surface area contributed by atoms with Crippen molar-refractivity contribution in [3.8, 4) is 5.75 Å². The van der Waals surface area contributed by atoms with Crippen LogP contribution in [0, 0.1) is 10.1 Å². The molecule has 134 valence electrons. The topological polar surface area (TPSA) is 101 Å². The SMILES string of the molecule is CN(CCOc1ccc(Br)cc1)C(=O)c1n[nH]c2ccc([N+](=O)[O-])cc12. The highest BCUT2D eigenvalue weighted by Gasteiger charge is 2.20. The Bertz CT molecular complexity index is 955. The molecule has 0 aliphatic carbocycles. The normalized spacial score (nSPS) is 10.7. The number of nitro benzene ring substituents is 1. The third-order valence-electron chi connectivity index (χ3n) is 3.82. The van der Waals surface area contributed by atoms with Crippen LogP contribution in [0.2, 0.25) is 0 Å². The summed E-state index contributed by atoms with van der Waals surface area (Å²) in [6, 6.07) is 11.6. The zero-order valence-corrected chi connectivity index (χ0v) is 15.4. The van der Waals surface area contributed by atoms with E-state index >= 15 is 0 Å². The molecule has 3 rings (SSSR count). The molecule has 0 radical (unpaired) electrons. The maximum absolute atomic E-state index is 12.6. The van der Waals surface area contributed by atoms with Gasteiger partial charge in [-0.2, -0.15) is 5.10 Å². The lowest BCUT2D eigenvalue weighted by atomic mass is 10.2. The second-order valence-electron chi connectivity index (χ2n) is 5.59. The molecule has 0 aliphatic heterocycles. The van der Waals surface area contributed by atoms with Crippen LogP contribution in [0.1, 0.15) is 10.5 Å². The zero-order chi connectivity index (χ0) is 18.7. The summed E-state index contributed by atoms with van der Waals surface area (Å²) < 4.78 is 6.56. The van der Waals surface area contributed by atoms with Gasteiger partial charge < -0.3 is 9.64 Å². The van der Waals surface area contributed by atoms with Gasteiger partial charge in [-0.15, -0.1) is 0 Å². The Morgan fingerprint density at radius 2 is 2.04 bits per heavy atom. The molecule has 0 unspecified atom stereocenters. The van der Waals surface area contributed by atoms with Gasteiger partial charge in [-0.25, -0.2) is 0 Å². The molecule has 0 saturated carbocycles. The number of nitrogens with one attached hydrogen (secondary N) is 1. The molecule has 0 aliphatic rings. The number of ether oxygens (including phenoxy) is 1.